The number of aromatic nitrogens is 3. The number of nitrogens with two attached hydrogens (primary N) is 1. The van der Waals surface area contributed by atoms with Crippen molar-refractivity contribution in [2.45, 2.75) is 13.0 Å². The zero-order valence-corrected chi connectivity index (χ0v) is 17.8. The van der Waals surface area contributed by atoms with E-state index in [1.807, 2.05) is 30.3 Å². The molecule has 6 nitrogen and oxygen atoms in total. The van der Waals surface area contributed by atoms with Crippen molar-refractivity contribution in [1.29, 1.82) is 0 Å². The Bertz CT molecular complexity index is 1230. The second kappa shape index (κ2) is 8.88. The third kappa shape index (κ3) is 4.38. The van der Waals surface area contributed by atoms with Crippen LogP contribution in [0.25, 0.3) is 22.0 Å². The van der Waals surface area contributed by atoms with Gasteiger partial charge in [0, 0.05) is 44.3 Å². The van der Waals surface area contributed by atoms with Crippen LogP contribution in [0.1, 0.15) is 12.0 Å². The third-order valence-electron chi connectivity index (χ3n) is 5.94. The van der Waals surface area contributed by atoms with Gasteiger partial charge in [-0.05, 0) is 59.5 Å². The van der Waals surface area contributed by atoms with E-state index in [4.69, 9.17) is 5.73 Å². The maximum Gasteiger partial charge on any atom is 0.139 e. The molecule has 4 aromatic rings. The SMILES string of the molecule is Nc1cc(-c2ccc3ncnc(N4CCCN(Cc5ccc(F)cc5)CC4)c3c2)ccn1. The summed E-state index contributed by atoms with van der Waals surface area (Å²) in [6, 6.07) is 16.9. The molecule has 0 aliphatic carbocycles. The Morgan fingerprint density at radius 1 is 0.844 bits per heavy atom. The maximum atomic E-state index is 13.2. The van der Waals surface area contributed by atoms with Crippen molar-refractivity contribution < 1.29 is 4.39 Å². The first-order chi connectivity index (χ1) is 15.7. The van der Waals surface area contributed by atoms with Crippen molar-refractivity contribution in [2.75, 3.05) is 36.8 Å². The Balaban J connectivity index is 1.39. The van der Waals surface area contributed by atoms with Gasteiger partial charge in [0.1, 0.15) is 23.8 Å². The van der Waals surface area contributed by atoms with Gasteiger partial charge in [0.05, 0.1) is 5.52 Å². The minimum Gasteiger partial charge on any atom is -0.384 e. The Kier molecular flexibility index (Phi) is 5.64. The molecule has 5 rings (SSSR count). The van der Waals surface area contributed by atoms with Gasteiger partial charge >= 0.3 is 0 Å². The summed E-state index contributed by atoms with van der Waals surface area (Å²) in [6.07, 6.45) is 4.40. The van der Waals surface area contributed by atoms with Crippen LogP contribution in [0, 0.1) is 5.82 Å². The number of hydrogen-bond donors (Lipinski definition) is 1. The largest absolute Gasteiger partial charge is 0.384 e. The molecule has 0 saturated carbocycles. The van der Waals surface area contributed by atoms with Gasteiger partial charge < -0.3 is 10.6 Å². The summed E-state index contributed by atoms with van der Waals surface area (Å²) in [5.41, 5.74) is 10.0. The number of benzene rings is 2. The lowest BCUT2D eigenvalue weighted by atomic mass is 10.0. The average molecular weight is 429 g/mol. The Morgan fingerprint density at radius 3 is 2.53 bits per heavy atom. The van der Waals surface area contributed by atoms with Crippen molar-refractivity contribution in [1.82, 2.24) is 19.9 Å². The van der Waals surface area contributed by atoms with Crippen molar-refractivity contribution in [3.8, 4) is 11.1 Å². The van der Waals surface area contributed by atoms with Gasteiger partial charge in [-0.3, -0.25) is 4.90 Å². The zero-order valence-electron chi connectivity index (χ0n) is 17.8. The van der Waals surface area contributed by atoms with E-state index in [2.05, 4.69) is 36.9 Å². The smallest absolute Gasteiger partial charge is 0.139 e. The molecule has 1 fully saturated rings. The van der Waals surface area contributed by atoms with Crippen molar-refractivity contribution >= 4 is 22.5 Å². The molecule has 0 spiro atoms. The third-order valence-corrected chi connectivity index (χ3v) is 5.94. The van der Waals surface area contributed by atoms with Gasteiger partial charge in [-0.2, -0.15) is 0 Å². The normalized spacial score (nSPS) is 15.1. The minimum atomic E-state index is -0.194. The fraction of sp³-hybridized carbons (Fsp3) is 0.240. The average Bonchev–Trinajstić information content (AvgIpc) is 3.05. The molecule has 2 aromatic heterocycles. The number of anilines is 2. The van der Waals surface area contributed by atoms with Crippen molar-refractivity contribution in [3.63, 3.8) is 0 Å². The van der Waals surface area contributed by atoms with Crippen LogP contribution in [0.5, 0.6) is 0 Å². The number of pyridine rings is 1. The summed E-state index contributed by atoms with van der Waals surface area (Å²) in [7, 11) is 0. The quantitative estimate of drug-likeness (QED) is 0.527. The Labute approximate surface area is 186 Å². The Hall–Kier alpha value is -3.58. The second-order valence-corrected chi connectivity index (χ2v) is 8.14. The van der Waals surface area contributed by atoms with Crippen molar-refractivity contribution in [2.24, 2.45) is 0 Å². The van der Waals surface area contributed by atoms with Crippen LogP contribution in [0.3, 0.4) is 0 Å². The lowest BCUT2D eigenvalue weighted by Gasteiger charge is -2.24. The van der Waals surface area contributed by atoms with E-state index < -0.39 is 0 Å². The van der Waals surface area contributed by atoms with Crippen LogP contribution in [0.4, 0.5) is 16.0 Å². The molecule has 0 bridgehead atoms. The first kappa shape index (κ1) is 20.3. The first-order valence-corrected chi connectivity index (χ1v) is 10.8. The second-order valence-electron chi connectivity index (χ2n) is 8.14. The monoisotopic (exact) mass is 428 g/mol. The summed E-state index contributed by atoms with van der Waals surface area (Å²) >= 11 is 0. The predicted octanol–water partition coefficient (Wildman–Crippen LogP) is 4.13. The zero-order chi connectivity index (χ0) is 21.9. The van der Waals surface area contributed by atoms with Crippen LogP contribution in [-0.2, 0) is 6.54 Å². The topological polar surface area (TPSA) is 71.2 Å². The summed E-state index contributed by atoms with van der Waals surface area (Å²) in [5.74, 6) is 1.27. The highest BCUT2D eigenvalue weighted by molar-refractivity contribution is 5.93. The van der Waals surface area contributed by atoms with Crippen LogP contribution in [0.2, 0.25) is 0 Å². The molecule has 1 aliphatic heterocycles. The van der Waals surface area contributed by atoms with E-state index >= 15 is 0 Å². The minimum absolute atomic E-state index is 0.194. The molecule has 0 amide bonds. The number of halogens is 1. The summed E-state index contributed by atoms with van der Waals surface area (Å²) in [4.78, 5) is 18.0. The van der Waals surface area contributed by atoms with Crippen LogP contribution < -0.4 is 10.6 Å². The van der Waals surface area contributed by atoms with Gasteiger partial charge in [0.25, 0.3) is 0 Å². The highest BCUT2D eigenvalue weighted by atomic mass is 19.1. The van der Waals surface area contributed by atoms with Gasteiger partial charge in [-0.25, -0.2) is 19.3 Å². The number of nitrogens with zero attached hydrogens (tertiary/aromatic N) is 5. The fourth-order valence-corrected chi connectivity index (χ4v) is 4.29. The lowest BCUT2D eigenvalue weighted by molar-refractivity contribution is 0.285. The molecular formula is C25H25FN6. The van der Waals surface area contributed by atoms with E-state index in [1.54, 1.807) is 12.5 Å². The number of nitrogen functional groups attached to an aromatic ring is 1. The fourth-order valence-electron chi connectivity index (χ4n) is 4.29. The number of hydrogen-bond acceptors (Lipinski definition) is 6. The highest BCUT2D eigenvalue weighted by Crippen LogP contribution is 2.29. The molecule has 0 atom stereocenters. The molecule has 32 heavy (non-hydrogen) atoms. The summed E-state index contributed by atoms with van der Waals surface area (Å²) < 4.78 is 13.2. The predicted molar refractivity (Wildman–Crippen MR) is 126 cm³/mol. The van der Waals surface area contributed by atoms with Crippen LogP contribution in [0.15, 0.2) is 67.1 Å². The molecule has 2 N–H and O–H groups in total. The molecule has 1 aliphatic rings. The number of rotatable bonds is 4. The van der Waals surface area contributed by atoms with E-state index in [-0.39, 0.29) is 5.82 Å². The summed E-state index contributed by atoms with van der Waals surface area (Å²) in [5, 5.41) is 1.03. The molecule has 3 heterocycles. The number of fused-ring (bicyclic) bond motifs is 1. The standard InChI is InChI=1S/C25H25FN6/c26-21-5-2-18(3-6-21)16-31-10-1-11-32(13-12-31)25-22-14-19(4-7-23(22)29-17-30-25)20-8-9-28-24(27)15-20/h2-9,14-15,17H,1,10-13,16H2,(H2,27,28). The summed E-state index contributed by atoms with van der Waals surface area (Å²) in [6.45, 7) is 4.55. The van der Waals surface area contributed by atoms with E-state index in [1.165, 1.54) is 12.1 Å². The van der Waals surface area contributed by atoms with E-state index in [9.17, 15) is 4.39 Å². The van der Waals surface area contributed by atoms with Crippen LogP contribution >= 0.6 is 0 Å². The Morgan fingerprint density at radius 2 is 1.69 bits per heavy atom. The van der Waals surface area contributed by atoms with Crippen LogP contribution in [-0.4, -0.2) is 46.0 Å². The lowest BCUT2D eigenvalue weighted by Crippen LogP contribution is -2.31. The molecule has 162 valence electrons. The van der Waals surface area contributed by atoms with E-state index in [0.717, 1.165) is 72.6 Å². The molecule has 1 saturated heterocycles. The first-order valence-electron chi connectivity index (χ1n) is 10.8. The molecule has 2 aromatic carbocycles. The highest BCUT2D eigenvalue weighted by Gasteiger charge is 2.19. The molecular weight excluding hydrogens is 403 g/mol. The molecule has 7 heteroatoms. The van der Waals surface area contributed by atoms with Gasteiger partial charge in [0.2, 0.25) is 0 Å². The van der Waals surface area contributed by atoms with E-state index in [0.29, 0.717) is 5.82 Å². The van der Waals surface area contributed by atoms with Gasteiger partial charge in [0.15, 0.2) is 0 Å². The van der Waals surface area contributed by atoms with Crippen molar-refractivity contribution in [3.05, 3.63) is 78.5 Å². The molecule has 0 unspecified atom stereocenters. The molecule has 0 radical (unpaired) electrons. The van der Waals surface area contributed by atoms with Gasteiger partial charge in [-0.15, -0.1) is 0 Å². The van der Waals surface area contributed by atoms with Gasteiger partial charge in [-0.1, -0.05) is 18.2 Å². The maximum absolute atomic E-state index is 13.2.